The van der Waals surface area contributed by atoms with Crippen molar-refractivity contribution in [3.05, 3.63) is 67.5 Å². The van der Waals surface area contributed by atoms with Gasteiger partial charge in [0, 0.05) is 34.8 Å². The second-order valence-electron chi connectivity index (χ2n) is 6.63. The number of thioether (sulfide) groups is 1. The third-order valence-corrected chi connectivity index (χ3v) is 5.17. The summed E-state index contributed by atoms with van der Waals surface area (Å²) in [5.74, 6) is -0.340. The summed E-state index contributed by atoms with van der Waals surface area (Å²) < 4.78 is 41.2. The Bertz CT molecular complexity index is 1270. The van der Waals surface area contributed by atoms with Crippen LogP contribution in [-0.2, 0) is 11.8 Å². The molecule has 6 nitrogen and oxygen atoms in total. The largest absolute Gasteiger partial charge is 0.446 e. The van der Waals surface area contributed by atoms with Gasteiger partial charge in [-0.3, -0.25) is 9.48 Å². The quantitative estimate of drug-likeness (QED) is 0.342. The molecule has 4 aromatic rings. The Hall–Kier alpha value is -3.53. The van der Waals surface area contributed by atoms with Gasteiger partial charge >= 0.3 is 5.51 Å². The molecule has 0 unspecified atom stereocenters. The number of anilines is 1. The number of aromatic nitrogens is 4. The summed E-state index contributed by atoms with van der Waals surface area (Å²) >= 11 is -0.166. The number of aryl methyl sites for hydroxylation is 1. The molecule has 1 N–H and O–H groups in total. The molecule has 0 aliphatic heterocycles. The highest BCUT2D eigenvalue weighted by atomic mass is 32.2. The minimum absolute atomic E-state index is 0.0922. The van der Waals surface area contributed by atoms with E-state index in [0.29, 0.717) is 17.1 Å². The van der Waals surface area contributed by atoms with Gasteiger partial charge in [0.1, 0.15) is 5.69 Å². The molecular formula is C21H16F3N5OS. The summed E-state index contributed by atoms with van der Waals surface area (Å²) in [6, 6.07) is 11.3. The molecule has 0 spiro atoms. The monoisotopic (exact) mass is 443 g/mol. The van der Waals surface area contributed by atoms with E-state index < -0.39 is 5.51 Å². The zero-order chi connectivity index (χ0) is 22.2. The lowest BCUT2D eigenvalue weighted by Crippen LogP contribution is -2.06. The number of carbonyl (C=O) groups is 1. The lowest BCUT2D eigenvalue weighted by Gasteiger charge is -2.08. The molecule has 0 aliphatic carbocycles. The van der Waals surface area contributed by atoms with Crippen LogP contribution < -0.4 is 5.32 Å². The van der Waals surface area contributed by atoms with Crippen LogP contribution in [0.1, 0.15) is 0 Å². The second kappa shape index (κ2) is 7.95. The van der Waals surface area contributed by atoms with Crippen molar-refractivity contribution in [2.45, 2.75) is 10.4 Å². The summed E-state index contributed by atoms with van der Waals surface area (Å²) in [5, 5.41) is 12.4. The summed E-state index contributed by atoms with van der Waals surface area (Å²) in [6.07, 6.45) is 4.66. The van der Waals surface area contributed by atoms with Crippen molar-refractivity contribution in [1.82, 2.24) is 19.6 Å². The topological polar surface area (TPSA) is 64.7 Å². The van der Waals surface area contributed by atoms with Gasteiger partial charge in [-0.05, 0) is 60.3 Å². The summed E-state index contributed by atoms with van der Waals surface area (Å²) in [5.41, 5.74) is -1.05. The van der Waals surface area contributed by atoms with Crippen LogP contribution in [0, 0.1) is 0 Å². The van der Waals surface area contributed by atoms with Gasteiger partial charge in [-0.2, -0.15) is 23.4 Å². The maximum atomic E-state index is 12.6. The zero-order valence-electron chi connectivity index (χ0n) is 16.2. The van der Waals surface area contributed by atoms with Gasteiger partial charge in [0.25, 0.3) is 0 Å². The first-order valence-electron chi connectivity index (χ1n) is 9.05. The number of halogens is 3. The van der Waals surface area contributed by atoms with Gasteiger partial charge in [-0.25, -0.2) is 4.68 Å². The van der Waals surface area contributed by atoms with Crippen molar-refractivity contribution in [2.75, 3.05) is 5.32 Å². The van der Waals surface area contributed by atoms with E-state index >= 15 is 0 Å². The average molecular weight is 443 g/mol. The normalized spacial score (nSPS) is 11.6. The third-order valence-electron chi connectivity index (χ3n) is 4.43. The molecule has 31 heavy (non-hydrogen) atoms. The number of nitrogens with one attached hydrogen (secondary N) is 1. The van der Waals surface area contributed by atoms with Crippen molar-refractivity contribution >= 4 is 34.3 Å². The molecule has 158 valence electrons. The molecule has 0 saturated carbocycles. The number of hydrogen-bond donors (Lipinski definition) is 1. The van der Waals surface area contributed by atoms with Gasteiger partial charge in [-0.1, -0.05) is 6.58 Å². The number of amides is 1. The lowest BCUT2D eigenvalue weighted by atomic mass is 10.1. The number of carbonyl (C=O) groups excluding carboxylic acids is 1. The van der Waals surface area contributed by atoms with E-state index in [4.69, 9.17) is 0 Å². The molecule has 0 saturated heterocycles. The number of hydrogen-bond acceptors (Lipinski definition) is 4. The van der Waals surface area contributed by atoms with Gasteiger partial charge in [0.05, 0.1) is 17.4 Å². The Morgan fingerprint density at radius 2 is 1.94 bits per heavy atom. The molecule has 2 aromatic heterocycles. The van der Waals surface area contributed by atoms with E-state index in [1.54, 1.807) is 52.9 Å². The third kappa shape index (κ3) is 4.48. The Kier molecular flexibility index (Phi) is 5.32. The Morgan fingerprint density at radius 3 is 2.55 bits per heavy atom. The predicted molar refractivity (Wildman–Crippen MR) is 114 cm³/mol. The fourth-order valence-electron chi connectivity index (χ4n) is 3.13. The number of fused-ring (bicyclic) bond motifs is 1. The number of nitrogens with zero attached hydrogens (tertiary/aromatic N) is 4. The van der Waals surface area contributed by atoms with Crippen LogP contribution in [0.4, 0.5) is 18.9 Å². The zero-order valence-corrected chi connectivity index (χ0v) is 17.0. The number of alkyl halides is 3. The van der Waals surface area contributed by atoms with E-state index in [1.165, 1.54) is 18.2 Å². The van der Waals surface area contributed by atoms with Gasteiger partial charge < -0.3 is 5.32 Å². The Balaban J connectivity index is 1.82. The number of benzene rings is 2. The molecule has 0 atom stereocenters. The predicted octanol–water partition coefficient (Wildman–Crippen LogP) is 5.16. The van der Waals surface area contributed by atoms with E-state index in [0.717, 1.165) is 16.5 Å². The lowest BCUT2D eigenvalue weighted by molar-refractivity contribution is -0.111. The van der Waals surface area contributed by atoms with E-state index in [-0.39, 0.29) is 22.6 Å². The Morgan fingerprint density at radius 1 is 1.19 bits per heavy atom. The molecule has 0 fully saturated rings. The molecule has 0 radical (unpaired) electrons. The van der Waals surface area contributed by atoms with E-state index in [2.05, 4.69) is 22.1 Å². The standard InChI is InChI=1S/C21H16F3N5OS/c1-3-19(30)26-14-4-9-18-17(10-14)20(13-11-25-28(2)12-13)27-29(18)15-5-7-16(8-6-15)31-21(22,23)24/h3-12H,1H2,2H3,(H,26,30). The molecule has 2 aromatic carbocycles. The van der Waals surface area contributed by atoms with Crippen molar-refractivity contribution in [3.63, 3.8) is 0 Å². The molecule has 2 heterocycles. The first-order chi connectivity index (χ1) is 14.7. The van der Waals surface area contributed by atoms with Crippen molar-refractivity contribution in [1.29, 1.82) is 0 Å². The highest BCUT2D eigenvalue weighted by molar-refractivity contribution is 8.00. The van der Waals surface area contributed by atoms with Gasteiger partial charge in [-0.15, -0.1) is 0 Å². The number of rotatable bonds is 5. The maximum Gasteiger partial charge on any atom is 0.446 e. The van der Waals surface area contributed by atoms with Crippen molar-refractivity contribution in [3.8, 4) is 16.9 Å². The second-order valence-corrected chi connectivity index (χ2v) is 7.77. The molecule has 4 rings (SSSR count). The van der Waals surface area contributed by atoms with E-state index in [1.807, 2.05) is 6.20 Å². The van der Waals surface area contributed by atoms with Crippen LogP contribution in [0.25, 0.3) is 27.8 Å². The average Bonchev–Trinajstić information content (AvgIpc) is 3.30. The highest BCUT2D eigenvalue weighted by Crippen LogP contribution is 2.37. The molecule has 0 bridgehead atoms. The van der Waals surface area contributed by atoms with Crippen LogP contribution in [0.3, 0.4) is 0 Å². The molecule has 0 aliphatic rings. The summed E-state index contributed by atoms with van der Waals surface area (Å²) in [4.78, 5) is 11.8. The van der Waals surface area contributed by atoms with Gasteiger partial charge in [0.15, 0.2) is 0 Å². The van der Waals surface area contributed by atoms with Crippen LogP contribution in [0.2, 0.25) is 0 Å². The van der Waals surface area contributed by atoms with Gasteiger partial charge in [0.2, 0.25) is 5.91 Å². The van der Waals surface area contributed by atoms with Crippen LogP contribution in [0.15, 0.2) is 72.4 Å². The minimum Gasteiger partial charge on any atom is -0.323 e. The first kappa shape index (κ1) is 20.7. The van der Waals surface area contributed by atoms with Crippen LogP contribution >= 0.6 is 11.8 Å². The SMILES string of the molecule is C=CC(=O)Nc1ccc2c(c1)c(-c1cnn(C)c1)nn2-c1ccc(SC(F)(F)F)cc1. The maximum absolute atomic E-state index is 12.6. The summed E-state index contributed by atoms with van der Waals surface area (Å²) in [7, 11) is 1.79. The van der Waals surface area contributed by atoms with Crippen LogP contribution in [0.5, 0.6) is 0 Å². The van der Waals surface area contributed by atoms with Crippen LogP contribution in [-0.4, -0.2) is 31.0 Å². The van der Waals surface area contributed by atoms with E-state index in [9.17, 15) is 18.0 Å². The highest BCUT2D eigenvalue weighted by Gasteiger charge is 2.29. The first-order valence-corrected chi connectivity index (χ1v) is 9.86. The smallest absolute Gasteiger partial charge is 0.323 e. The molecule has 10 heteroatoms. The van der Waals surface area contributed by atoms with Crippen molar-refractivity contribution in [2.24, 2.45) is 7.05 Å². The van der Waals surface area contributed by atoms with Crippen molar-refractivity contribution < 1.29 is 18.0 Å². The molecular weight excluding hydrogens is 427 g/mol. The fraction of sp³-hybridized carbons (Fsp3) is 0.0952. The minimum atomic E-state index is -4.35. The fourth-order valence-corrected chi connectivity index (χ4v) is 3.67. The molecule has 1 amide bonds. The Labute approximate surface area is 179 Å². The summed E-state index contributed by atoms with van der Waals surface area (Å²) in [6.45, 7) is 3.45.